The van der Waals surface area contributed by atoms with E-state index in [4.69, 9.17) is 42.1 Å². The Kier molecular flexibility index (Phi) is 16.8. The molecule has 2 aromatic rings. The number of benzene rings is 2. The van der Waals surface area contributed by atoms with Crippen molar-refractivity contribution >= 4 is 46.3 Å². The summed E-state index contributed by atoms with van der Waals surface area (Å²) in [5.41, 5.74) is 4.61. The van der Waals surface area contributed by atoms with Gasteiger partial charge in [0.15, 0.2) is 13.2 Å². The van der Waals surface area contributed by atoms with Crippen molar-refractivity contribution in [2.75, 3.05) is 64.4 Å². The van der Waals surface area contributed by atoms with E-state index in [1.165, 1.54) is 11.1 Å². The van der Waals surface area contributed by atoms with Gasteiger partial charge in [-0.2, -0.15) is 0 Å². The Bertz CT molecular complexity index is 962. The third kappa shape index (κ3) is 12.6. The number of esters is 2. The van der Waals surface area contributed by atoms with Crippen molar-refractivity contribution in [3.63, 3.8) is 0 Å². The minimum atomic E-state index is -0.418. The molecule has 0 saturated carbocycles. The van der Waals surface area contributed by atoms with Gasteiger partial charge in [-0.1, -0.05) is 38.1 Å². The number of ether oxygens (including phenoxy) is 4. The Labute approximate surface area is 247 Å². The van der Waals surface area contributed by atoms with Crippen LogP contribution in [0.25, 0.3) is 11.1 Å². The number of rotatable bonds is 20. The highest BCUT2D eigenvalue weighted by molar-refractivity contribution is 6.18. The van der Waals surface area contributed by atoms with E-state index in [2.05, 4.69) is 24.5 Å². The van der Waals surface area contributed by atoms with Crippen molar-refractivity contribution in [1.82, 2.24) is 10.6 Å². The number of allylic oxidation sites excluding steroid dienone is 2. The Morgan fingerprint density at radius 3 is 1.32 bits per heavy atom. The maximum atomic E-state index is 11.9. The molecular formula is C30H40Cl2N2O6. The van der Waals surface area contributed by atoms with Crippen LogP contribution < -0.4 is 20.1 Å². The monoisotopic (exact) mass is 594 g/mol. The second-order valence-electron chi connectivity index (χ2n) is 8.61. The van der Waals surface area contributed by atoms with E-state index in [0.29, 0.717) is 49.4 Å². The number of carbonyl (C=O) groups excluding carboxylic acids is 2. The summed E-state index contributed by atoms with van der Waals surface area (Å²) in [7, 11) is 0. The minimum absolute atomic E-state index is 0.149. The van der Waals surface area contributed by atoms with E-state index in [-0.39, 0.29) is 26.4 Å². The maximum absolute atomic E-state index is 11.9. The highest BCUT2D eigenvalue weighted by atomic mass is 35.5. The van der Waals surface area contributed by atoms with Gasteiger partial charge < -0.3 is 29.6 Å². The zero-order valence-corrected chi connectivity index (χ0v) is 24.8. The van der Waals surface area contributed by atoms with Crippen molar-refractivity contribution in [2.45, 2.75) is 26.7 Å². The van der Waals surface area contributed by atoms with Gasteiger partial charge in [0.25, 0.3) is 0 Å². The van der Waals surface area contributed by atoms with Crippen LogP contribution in [-0.4, -0.2) is 76.3 Å². The highest BCUT2D eigenvalue weighted by Gasteiger charge is 2.11. The van der Waals surface area contributed by atoms with Crippen LogP contribution in [0.5, 0.6) is 11.5 Å². The molecule has 0 unspecified atom stereocenters. The second kappa shape index (κ2) is 20.2. The largest absolute Gasteiger partial charge is 0.482 e. The number of halogens is 2. The Morgan fingerprint density at radius 1 is 0.625 bits per heavy atom. The van der Waals surface area contributed by atoms with Crippen molar-refractivity contribution in [2.24, 2.45) is 0 Å². The number of hydrogen-bond acceptors (Lipinski definition) is 8. The Hall–Kier alpha value is -2.78. The third-order valence-corrected chi connectivity index (χ3v) is 6.19. The fourth-order valence-electron chi connectivity index (χ4n) is 3.91. The van der Waals surface area contributed by atoms with Gasteiger partial charge in [-0.05, 0) is 59.4 Å². The van der Waals surface area contributed by atoms with E-state index >= 15 is 0 Å². The normalized spacial score (nSPS) is 11.5. The average Bonchev–Trinajstić information content (AvgIpc) is 2.98. The fourth-order valence-corrected chi connectivity index (χ4v) is 4.18. The first-order valence-electron chi connectivity index (χ1n) is 13.5. The molecule has 2 N–H and O–H groups in total. The Morgan fingerprint density at radius 2 is 1.00 bits per heavy atom. The Balaban J connectivity index is 1.92. The number of alkyl halides is 2. The van der Waals surface area contributed by atoms with E-state index < -0.39 is 11.9 Å². The molecule has 0 fully saturated rings. The summed E-state index contributed by atoms with van der Waals surface area (Å²) in [4.78, 5) is 23.8. The molecule has 2 aromatic carbocycles. The first-order chi connectivity index (χ1) is 19.5. The van der Waals surface area contributed by atoms with Gasteiger partial charge in [-0.25, -0.2) is 9.59 Å². The zero-order chi connectivity index (χ0) is 29.0. The van der Waals surface area contributed by atoms with Gasteiger partial charge in [0.05, 0.1) is 0 Å². The number of nitrogens with one attached hydrogen (secondary N) is 2. The fraction of sp³-hybridized carbons (Fsp3) is 0.467. The lowest BCUT2D eigenvalue weighted by atomic mass is 9.91. The van der Waals surface area contributed by atoms with Crippen LogP contribution >= 0.6 is 23.2 Å². The number of carbonyl (C=O) groups is 2. The lowest BCUT2D eigenvalue weighted by Crippen LogP contribution is -2.24. The molecular weight excluding hydrogens is 555 g/mol. The van der Waals surface area contributed by atoms with Gasteiger partial charge in [0, 0.05) is 37.9 Å². The highest BCUT2D eigenvalue weighted by Crippen LogP contribution is 2.33. The van der Waals surface area contributed by atoms with Crippen molar-refractivity contribution in [1.29, 1.82) is 0 Å². The molecule has 40 heavy (non-hydrogen) atoms. The third-order valence-electron chi connectivity index (χ3n) is 5.82. The minimum Gasteiger partial charge on any atom is -0.482 e. The van der Waals surface area contributed by atoms with Crippen LogP contribution in [0.4, 0.5) is 0 Å². The number of hydrogen-bond donors (Lipinski definition) is 2. The van der Waals surface area contributed by atoms with Crippen molar-refractivity contribution < 1.29 is 28.5 Å². The van der Waals surface area contributed by atoms with Gasteiger partial charge in [-0.3, -0.25) is 0 Å². The molecule has 0 radical (unpaired) electrons. The smallest absolute Gasteiger partial charge is 0.344 e. The summed E-state index contributed by atoms with van der Waals surface area (Å²) < 4.78 is 21.4. The molecule has 0 aromatic heterocycles. The zero-order valence-electron chi connectivity index (χ0n) is 23.3. The van der Waals surface area contributed by atoms with E-state index in [1.54, 1.807) is 0 Å². The van der Waals surface area contributed by atoms with Crippen LogP contribution in [0.15, 0.2) is 48.5 Å². The molecule has 0 atom stereocenters. The van der Waals surface area contributed by atoms with E-state index in [0.717, 1.165) is 24.0 Å². The molecule has 2 rings (SSSR count). The first kappa shape index (κ1) is 33.4. The van der Waals surface area contributed by atoms with Gasteiger partial charge in [0.2, 0.25) is 0 Å². The molecule has 0 spiro atoms. The summed E-state index contributed by atoms with van der Waals surface area (Å²) in [6.45, 7) is 6.95. The summed E-state index contributed by atoms with van der Waals surface area (Å²) in [5.74, 6) is 1.38. The predicted octanol–water partition coefficient (Wildman–Crippen LogP) is 4.92. The standard InChI is InChI=1S/C30H40Cl2N2O6/c1-3-27(23-5-9-25(10-6-23)39-21-29(35)37-19-17-33-15-13-31)28(4-2)24-7-11-26(12-8-24)40-22-30(36)38-20-18-34-16-14-32/h5-12,33-34H,3-4,13-22H2,1-2H3/b28-27+. The van der Waals surface area contributed by atoms with E-state index in [1.807, 2.05) is 48.5 Å². The van der Waals surface area contributed by atoms with Crippen molar-refractivity contribution in [3.05, 3.63) is 59.7 Å². The molecule has 0 heterocycles. The SMILES string of the molecule is CC/C(=C(/CC)c1ccc(OCC(=O)OCCNCCCl)cc1)c1ccc(OCC(=O)OCCNCCCl)cc1. The average molecular weight is 596 g/mol. The molecule has 0 bridgehead atoms. The predicted molar refractivity (Wildman–Crippen MR) is 160 cm³/mol. The maximum Gasteiger partial charge on any atom is 0.344 e. The van der Waals surface area contributed by atoms with E-state index in [9.17, 15) is 9.59 Å². The molecule has 0 saturated heterocycles. The molecule has 0 amide bonds. The molecule has 10 heteroatoms. The van der Waals surface area contributed by atoms with Crippen LogP contribution in [-0.2, 0) is 19.1 Å². The summed E-state index contributed by atoms with van der Waals surface area (Å²) in [5, 5.41) is 6.11. The summed E-state index contributed by atoms with van der Waals surface area (Å²) in [6, 6.07) is 15.4. The second-order valence-corrected chi connectivity index (χ2v) is 9.37. The summed E-state index contributed by atoms with van der Waals surface area (Å²) in [6.07, 6.45) is 1.69. The van der Waals surface area contributed by atoms with Gasteiger partial charge in [-0.15, -0.1) is 23.2 Å². The molecule has 0 aliphatic carbocycles. The van der Waals surface area contributed by atoms with Gasteiger partial charge >= 0.3 is 11.9 Å². The van der Waals surface area contributed by atoms with Crippen LogP contribution in [0.2, 0.25) is 0 Å². The van der Waals surface area contributed by atoms with Crippen LogP contribution in [0.1, 0.15) is 37.8 Å². The van der Waals surface area contributed by atoms with Crippen LogP contribution in [0.3, 0.4) is 0 Å². The lowest BCUT2D eigenvalue weighted by Gasteiger charge is -2.15. The molecule has 8 nitrogen and oxygen atoms in total. The topological polar surface area (TPSA) is 95.1 Å². The quantitative estimate of drug-likeness (QED) is 0.0965. The van der Waals surface area contributed by atoms with Crippen molar-refractivity contribution in [3.8, 4) is 11.5 Å². The van der Waals surface area contributed by atoms with Gasteiger partial charge in [0.1, 0.15) is 24.7 Å². The molecule has 0 aliphatic heterocycles. The molecule has 0 aliphatic rings. The first-order valence-corrected chi connectivity index (χ1v) is 14.6. The lowest BCUT2D eigenvalue weighted by molar-refractivity contribution is -0.146. The molecule has 220 valence electrons. The van der Waals surface area contributed by atoms with Crippen LogP contribution in [0, 0.1) is 0 Å². The summed E-state index contributed by atoms with van der Waals surface area (Å²) >= 11 is 11.2.